The van der Waals surface area contributed by atoms with Gasteiger partial charge >= 0.3 is 0 Å². The fraction of sp³-hybridized carbons (Fsp3) is 0.350. The second kappa shape index (κ2) is 7.75. The molecule has 1 saturated heterocycles. The van der Waals surface area contributed by atoms with Crippen LogP contribution in [-0.4, -0.2) is 45.7 Å². The van der Waals surface area contributed by atoms with E-state index in [2.05, 4.69) is 20.7 Å². The second-order valence-corrected chi connectivity index (χ2v) is 7.00. The largest absolute Gasteiger partial charge is 0.487 e. The Morgan fingerprint density at radius 3 is 3.00 bits per heavy atom. The highest BCUT2D eigenvalue weighted by Gasteiger charge is 2.42. The third-order valence-corrected chi connectivity index (χ3v) is 4.93. The number of alkyl halides is 2. The number of ether oxygens (including phenoxy) is 1. The molecule has 1 atom stereocenters. The Kier molecular flexibility index (Phi) is 5.14. The van der Waals surface area contributed by atoms with E-state index < -0.39 is 17.9 Å². The molecular weight excluding hydrogens is 380 g/mol. The first kappa shape index (κ1) is 19.3. The second-order valence-electron chi connectivity index (χ2n) is 7.00. The summed E-state index contributed by atoms with van der Waals surface area (Å²) in [7, 11) is 1.61. The quantitative estimate of drug-likeness (QED) is 0.686. The van der Waals surface area contributed by atoms with Gasteiger partial charge in [-0.15, -0.1) is 0 Å². The Morgan fingerprint density at radius 2 is 2.24 bits per heavy atom. The highest BCUT2D eigenvalue weighted by atomic mass is 19.3. The summed E-state index contributed by atoms with van der Waals surface area (Å²) in [5.41, 5.74) is 1.56. The van der Waals surface area contributed by atoms with Crippen LogP contribution in [0.15, 0.2) is 42.6 Å². The summed E-state index contributed by atoms with van der Waals surface area (Å²) in [6, 6.07) is 9.44. The zero-order valence-electron chi connectivity index (χ0n) is 15.9. The predicted molar refractivity (Wildman–Crippen MR) is 103 cm³/mol. The predicted octanol–water partition coefficient (Wildman–Crippen LogP) is 2.27. The van der Waals surface area contributed by atoms with E-state index in [9.17, 15) is 13.6 Å². The van der Waals surface area contributed by atoms with Crippen LogP contribution in [0.3, 0.4) is 0 Å². The van der Waals surface area contributed by atoms with Gasteiger partial charge in [-0.3, -0.25) is 14.5 Å². The number of rotatable bonds is 5. The molecule has 3 aromatic rings. The highest BCUT2D eigenvalue weighted by molar-refractivity contribution is 6.05. The van der Waals surface area contributed by atoms with Gasteiger partial charge in [0.1, 0.15) is 24.1 Å². The molecule has 3 heterocycles. The third kappa shape index (κ3) is 4.04. The summed E-state index contributed by atoms with van der Waals surface area (Å²) in [5, 5.41) is 10.2. The molecule has 1 fully saturated rings. The van der Waals surface area contributed by atoms with Crippen LogP contribution in [0.5, 0.6) is 5.75 Å². The van der Waals surface area contributed by atoms with Crippen molar-refractivity contribution in [2.24, 2.45) is 7.05 Å². The van der Waals surface area contributed by atoms with E-state index in [4.69, 9.17) is 4.74 Å². The van der Waals surface area contributed by atoms with Crippen molar-refractivity contribution in [3.8, 4) is 5.75 Å². The van der Waals surface area contributed by atoms with Crippen LogP contribution < -0.4 is 15.4 Å². The number of carbonyl (C=O) groups is 1. The molecule has 0 spiro atoms. The van der Waals surface area contributed by atoms with Crippen molar-refractivity contribution in [1.82, 2.24) is 25.4 Å². The number of carbonyl (C=O) groups excluding carboxylic acids is 1. The Balaban J connectivity index is 1.56. The van der Waals surface area contributed by atoms with Crippen molar-refractivity contribution in [3.05, 3.63) is 54.0 Å². The Hall–Kier alpha value is -3.07. The SMILES string of the molecule is Cn1nc2ccc(OCc3ccccn3)cc2c1C(=O)NC1CNCCC1(F)F. The number of aryl methyl sites for hydroxylation is 1. The molecule has 2 N–H and O–H groups in total. The number of nitrogens with zero attached hydrogens (tertiary/aromatic N) is 3. The fourth-order valence-corrected chi connectivity index (χ4v) is 3.39. The maximum absolute atomic E-state index is 14.1. The number of aromatic nitrogens is 3. The van der Waals surface area contributed by atoms with Gasteiger partial charge in [0, 0.05) is 38.1 Å². The lowest BCUT2D eigenvalue weighted by Crippen LogP contribution is -2.57. The maximum atomic E-state index is 14.1. The van der Waals surface area contributed by atoms with Crippen molar-refractivity contribution in [1.29, 1.82) is 0 Å². The summed E-state index contributed by atoms with van der Waals surface area (Å²) in [6.07, 6.45) is 1.37. The highest BCUT2D eigenvalue weighted by Crippen LogP contribution is 2.27. The minimum absolute atomic E-state index is 0.0208. The molecule has 0 radical (unpaired) electrons. The number of piperidine rings is 1. The zero-order valence-corrected chi connectivity index (χ0v) is 15.9. The van der Waals surface area contributed by atoms with Crippen molar-refractivity contribution in [2.45, 2.75) is 25.0 Å². The molecular formula is C20H21F2N5O2. The fourth-order valence-electron chi connectivity index (χ4n) is 3.39. The smallest absolute Gasteiger partial charge is 0.270 e. The van der Waals surface area contributed by atoms with E-state index in [0.717, 1.165) is 5.69 Å². The van der Waals surface area contributed by atoms with Crippen LogP contribution in [-0.2, 0) is 13.7 Å². The molecule has 152 valence electrons. The van der Waals surface area contributed by atoms with Gasteiger partial charge in [0.2, 0.25) is 0 Å². The number of pyridine rings is 1. The molecule has 1 aliphatic rings. The van der Waals surface area contributed by atoms with Crippen LogP contribution in [0.25, 0.3) is 10.9 Å². The summed E-state index contributed by atoms with van der Waals surface area (Å²) < 4.78 is 35.4. The minimum Gasteiger partial charge on any atom is -0.487 e. The summed E-state index contributed by atoms with van der Waals surface area (Å²) in [4.78, 5) is 17.0. The maximum Gasteiger partial charge on any atom is 0.270 e. The molecule has 1 unspecified atom stereocenters. The van der Waals surface area contributed by atoms with Crippen LogP contribution in [0.4, 0.5) is 8.78 Å². The number of hydrogen-bond acceptors (Lipinski definition) is 5. The molecule has 0 saturated carbocycles. The first-order valence-electron chi connectivity index (χ1n) is 9.33. The van der Waals surface area contributed by atoms with E-state index in [0.29, 0.717) is 16.7 Å². The van der Waals surface area contributed by atoms with Crippen molar-refractivity contribution >= 4 is 16.8 Å². The molecule has 9 heteroatoms. The summed E-state index contributed by atoms with van der Waals surface area (Å²) in [6.45, 7) is 0.520. The number of hydrogen-bond donors (Lipinski definition) is 2. The van der Waals surface area contributed by atoms with E-state index in [-0.39, 0.29) is 31.8 Å². The molecule has 29 heavy (non-hydrogen) atoms. The average molecular weight is 401 g/mol. The summed E-state index contributed by atoms with van der Waals surface area (Å²) >= 11 is 0. The average Bonchev–Trinajstić information content (AvgIpc) is 3.03. The van der Waals surface area contributed by atoms with Crippen LogP contribution in [0.2, 0.25) is 0 Å². The Bertz CT molecular complexity index is 1020. The number of nitrogens with one attached hydrogen (secondary N) is 2. The van der Waals surface area contributed by atoms with Crippen LogP contribution >= 0.6 is 0 Å². The zero-order chi connectivity index (χ0) is 20.4. The van der Waals surface area contributed by atoms with E-state index in [1.54, 1.807) is 31.4 Å². The number of fused-ring (bicyclic) bond motifs is 1. The van der Waals surface area contributed by atoms with Crippen LogP contribution in [0.1, 0.15) is 22.6 Å². The topological polar surface area (TPSA) is 81.1 Å². The van der Waals surface area contributed by atoms with Gasteiger partial charge in [0.15, 0.2) is 0 Å². The van der Waals surface area contributed by atoms with E-state index in [1.807, 2.05) is 18.2 Å². The molecule has 2 aromatic heterocycles. The molecule has 1 aromatic carbocycles. The van der Waals surface area contributed by atoms with Gasteiger partial charge in [-0.05, 0) is 30.3 Å². The van der Waals surface area contributed by atoms with Gasteiger partial charge in [0.25, 0.3) is 11.8 Å². The van der Waals surface area contributed by atoms with Crippen LogP contribution in [0, 0.1) is 0 Å². The van der Waals surface area contributed by atoms with Crippen molar-refractivity contribution in [3.63, 3.8) is 0 Å². The van der Waals surface area contributed by atoms with Gasteiger partial charge in [0.05, 0.1) is 11.2 Å². The Labute approximate surface area is 166 Å². The van der Waals surface area contributed by atoms with E-state index in [1.165, 1.54) is 4.68 Å². The lowest BCUT2D eigenvalue weighted by Gasteiger charge is -2.32. The normalized spacial score (nSPS) is 18.5. The lowest BCUT2D eigenvalue weighted by molar-refractivity contribution is -0.0543. The Morgan fingerprint density at radius 1 is 1.38 bits per heavy atom. The number of amides is 1. The van der Waals surface area contributed by atoms with Gasteiger partial charge in [-0.2, -0.15) is 5.10 Å². The monoisotopic (exact) mass is 401 g/mol. The molecule has 0 aliphatic carbocycles. The molecule has 1 amide bonds. The summed E-state index contributed by atoms with van der Waals surface area (Å²) in [5.74, 6) is -3.01. The molecule has 4 rings (SSSR count). The van der Waals surface area contributed by atoms with Crippen molar-refractivity contribution < 1.29 is 18.3 Å². The van der Waals surface area contributed by atoms with Gasteiger partial charge in [-0.1, -0.05) is 6.07 Å². The number of halogens is 2. The third-order valence-electron chi connectivity index (χ3n) is 4.93. The lowest BCUT2D eigenvalue weighted by atomic mass is 10.0. The number of benzene rings is 1. The standard InChI is InChI=1S/C20H21F2N5O2/c1-27-18(19(28)25-17-11-23-9-7-20(17,21)22)15-10-14(5-6-16(15)26-27)29-12-13-4-2-3-8-24-13/h2-6,8,10,17,23H,7,9,11-12H2,1H3,(H,25,28). The molecule has 7 nitrogen and oxygen atoms in total. The van der Waals surface area contributed by atoms with Gasteiger partial charge < -0.3 is 15.4 Å². The minimum atomic E-state index is -2.95. The first-order valence-corrected chi connectivity index (χ1v) is 9.33. The first-order chi connectivity index (χ1) is 13.9. The van der Waals surface area contributed by atoms with Gasteiger partial charge in [-0.25, -0.2) is 8.78 Å². The van der Waals surface area contributed by atoms with E-state index >= 15 is 0 Å². The van der Waals surface area contributed by atoms with Crippen molar-refractivity contribution in [2.75, 3.05) is 13.1 Å². The molecule has 1 aliphatic heterocycles. The molecule has 0 bridgehead atoms.